The normalized spacial score (nSPS) is 21.1. The van der Waals surface area contributed by atoms with E-state index in [-0.39, 0.29) is 30.4 Å². The van der Waals surface area contributed by atoms with Crippen molar-refractivity contribution in [1.82, 2.24) is 26.6 Å². The highest BCUT2D eigenvalue weighted by Crippen LogP contribution is 2.19. The summed E-state index contributed by atoms with van der Waals surface area (Å²) >= 11 is 0. The Balaban J connectivity index is 1.86. The van der Waals surface area contributed by atoms with Gasteiger partial charge in [0.15, 0.2) is 0 Å². The van der Waals surface area contributed by atoms with Crippen LogP contribution in [0.3, 0.4) is 0 Å². The Kier molecular flexibility index (Phi) is 13.5. The van der Waals surface area contributed by atoms with Crippen molar-refractivity contribution < 1.29 is 38.2 Å². The minimum absolute atomic E-state index is 0.0175. The fourth-order valence-electron chi connectivity index (χ4n) is 4.91. The van der Waals surface area contributed by atoms with Crippen LogP contribution in [0.1, 0.15) is 56.0 Å². The van der Waals surface area contributed by atoms with Crippen LogP contribution >= 0.6 is 0 Å². The van der Waals surface area contributed by atoms with Gasteiger partial charge in [0.25, 0.3) is 5.91 Å². The second kappa shape index (κ2) is 17.5. The van der Waals surface area contributed by atoms with Crippen molar-refractivity contribution in [2.75, 3.05) is 20.3 Å². The lowest BCUT2D eigenvalue weighted by Crippen LogP contribution is -2.58. The fraction of sp³-hybridized carbons (Fsp3) is 0.455. The smallest absolute Gasteiger partial charge is 0.255 e. The fourth-order valence-corrected chi connectivity index (χ4v) is 4.91. The molecule has 0 bridgehead atoms. The van der Waals surface area contributed by atoms with Crippen LogP contribution in [-0.2, 0) is 30.4 Å². The number of ether oxygens (including phenoxy) is 2. The van der Waals surface area contributed by atoms with Crippen LogP contribution in [0.2, 0.25) is 0 Å². The second-order valence-corrected chi connectivity index (χ2v) is 11.7. The van der Waals surface area contributed by atoms with E-state index in [1.807, 2.05) is 24.3 Å². The number of amides is 6. The molecule has 2 aromatic carbocycles. The van der Waals surface area contributed by atoms with Crippen molar-refractivity contribution in [3.8, 4) is 11.5 Å². The summed E-state index contributed by atoms with van der Waals surface area (Å²) in [7, 11) is 1.58. The molecule has 14 nitrogen and oxygen atoms in total. The molecule has 14 heteroatoms. The SMILES string of the molecule is COc1cccc(CCCNC(=O)[C@@H]2CC(=O)N[C@@H](CC(N)=O)C(=O)N[C@H](C(C)C)C(=O)N[C@@H](C)COc3ccccc3C(=O)N2)c1. The molecule has 3 rings (SSSR count). The van der Waals surface area contributed by atoms with Crippen molar-refractivity contribution in [2.45, 2.75) is 70.6 Å². The topological polar surface area (TPSA) is 207 Å². The molecule has 7 N–H and O–H groups in total. The van der Waals surface area contributed by atoms with Gasteiger partial charge in [-0.2, -0.15) is 0 Å². The van der Waals surface area contributed by atoms with E-state index in [0.717, 1.165) is 5.56 Å². The molecule has 0 saturated carbocycles. The summed E-state index contributed by atoms with van der Waals surface area (Å²) in [6.45, 7) is 5.37. The molecule has 1 heterocycles. The van der Waals surface area contributed by atoms with Gasteiger partial charge in [0.2, 0.25) is 29.5 Å². The number of carbonyl (C=O) groups is 6. The van der Waals surface area contributed by atoms with Gasteiger partial charge in [-0.1, -0.05) is 38.1 Å². The predicted octanol–water partition coefficient (Wildman–Crippen LogP) is 0.331. The van der Waals surface area contributed by atoms with Gasteiger partial charge in [-0.25, -0.2) is 0 Å². The Morgan fingerprint density at radius 3 is 2.45 bits per heavy atom. The standard InChI is InChI=1S/C33H44N6O8/c1-19(2)29-33(45)36-20(3)18-47-26-13-6-5-12-23(26)30(42)38-25(17-28(41)37-24(16-27(34)40)32(44)39-29)31(43)35-14-8-10-21-9-7-11-22(15-21)46-4/h5-7,9,11-13,15,19-20,24-25,29H,8,10,14,16-18H2,1-4H3,(H2,34,40)(H,35,43)(H,36,45)(H,37,41)(H,38,42)(H,39,44)/t20-,24-,25-,29+/m0/s1. The number of hydrogen-bond acceptors (Lipinski definition) is 8. The maximum Gasteiger partial charge on any atom is 0.255 e. The van der Waals surface area contributed by atoms with Gasteiger partial charge in [0.05, 0.1) is 31.6 Å². The van der Waals surface area contributed by atoms with Gasteiger partial charge >= 0.3 is 0 Å². The van der Waals surface area contributed by atoms with Gasteiger partial charge in [-0.15, -0.1) is 0 Å². The summed E-state index contributed by atoms with van der Waals surface area (Å²) in [6, 6.07) is 9.55. The molecule has 6 amide bonds. The average molecular weight is 653 g/mol. The van der Waals surface area contributed by atoms with E-state index < -0.39 is 72.5 Å². The summed E-state index contributed by atoms with van der Waals surface area (Å²) < 4.78 is 11.1. The molecule has 0 unspecified atom stereocenters. The first-order valence-corrected chi connectivity index (χ1v) is 15.5. The van der Waals surface area contributed by atoms with Gasteiger partial charge in [-0.3, -0.25) is 28.8 Å². The van der Waals surface area contributed by atoms with Gasteiger partial charge in [-0.05, 0) is 55.5 Å². The van der Waals surface area contributed by atoms with E-state index in [2.05, 4.69) is 26.6 Å². The van der Waals surface area contributed by atoms with E-state index in [0.29, 0.717) is 18.6 Å². The molecule has 0 fully saturated rings. The third kappa shape index (κ3) is 11.3. The second-order valence-electron chi connectivity index (χ2n) is 11.7. The summed E-state index contributed by atoms with van der Waals surface area (Å²) in [6.07, 6.45) is 0.0707. The number of rotatable bonds is 9. The average Bonchev–Trinajstić information content (AvgIpc) is 3.03. The zero-order chi connectivity index (χ0) is 34.5. The van der Waals surface area contributed by atoms with Crippen LogP contribution in [0.5, 0.6) is 11.5 Å². The molecule has 0 saturated heterocycles. The van der Waals surface area contributed by atoms with Gasteiger partial charge in [0.1, 0.15) is 36.2 Å². The Labute approximate surface area is 273 Å². The van der Waals surface area contributed by atoms with E-state index in [1.165, 1.54) is 6.07 Å². The minimum Gasteiger partial charge on any atom is -0.497 e. The molecule has 4 atom stereocenters. The Bertz CT molecular complexity index is 1450. The summed E-state index contributed by atoms with van der Waals surface area (Å²) in [5.74, 6) is -3.76. The third-order valence-corrected chi connectivity index (χ3v) is 7.40. The molecule has 47 heavy (non-hydrogen) atoms. The number of primary amides is 1. The molecule has 0 aromatic heterocycles. The van der Waals surface area contributed by atoms with Gasteiger partial charge < -0.3 is 41.8 Å². The lowest BCUT2D eigenvalue weighted by atomic mass is 10.0. The number of methoxy groups -OCH3 is 1. The molecule has 0 spiro atoms. The Hall–Kier alpha value is -5.14. The number of aryl methyl sites for hydroxylation is 1. The molecule has 1 aliphatic rings. The maximum atomic E-state index is 13.5. The highest BCUT2D eigenvalue weighted by atomic mass is 16.5. The number of benzene rings is 2. The minimum atomic E-state index is -1.44. The van der Waals surface area contributed by atoms with Crippen LogP contribution in [0.25, 0.3) is 0 Å². The molecule has 254 valence electrons. The van der Waals surface area contributed by atoms with E-state index in [9.17, 15) is 28.8 Å². The zero-order valence-corrected chi connectivity index (χ0v) is 27.1. The van der Waals surface area contributed by atoms with Crippen molar-refractivity contribution >= 4 is 35.4 Å². The number of fused-ring (bicyclic) bond motifs is 1. The molecule has 2 aromatic rings. The lowest BCUT2D eigenvalue weighted by Gasteiger charge is -2.26. The van der Waals surface area contributed by atoms with E-state index >= 15 is 0 Å². The quantitative estimate of drug-likeness (QED) is 0.208. The monoisotopic (exact) mass is 652 g/mol. The number of carbonyl (C=O) groups excluding carboxylic acids is 6. The molecule has 0 radical (unpaired) electrons. The Morgan fingerprint density at radius 1 is 1.00 bits per heavy atom. The van der Waals surface area contributed by atoms with Crippen LogP contribution < -0.4 is 41.8 Å². The number of para-hydroxylation sites is 1. The first kappa shape index (κ1) is 36.3. The van der Waals surface area contributed by atoms with Crippen LogP contribution in [0.15, 0.2) is 48.5 Å². The number of nitrogens with two attached hydrogens (primary N) is 1. The van der Waals surface area contributed by atoms with E-state index in [1.54, 1.807) is 46.1 Å². The number of hydrogen-bond donors (Lipinski definition) is 6. The van der Waals surface area contributed by atoms with E-state index in [4.69, 9.17) is 15.2 Å². The highest BCUT2D eigenvalue weighted by molar-refractivity contribution is 6.01. The first-order valence-electron chi connectivity index (χ1n) is 15.5. The molecular weight excluding hydrogens is 608 g/mol. The summed E-state index contributed by atoms with van der Waals surface area (Å²) in [5.41, 5.74) is 6.48. The van der Waals surface area contributed by atoms with Crippen molar-refractivity contribution in [1.29, 1.82) is 0 Å². The largest absolute Gasteiger partial charge is 0.497 e. The maximum absolute atomic E-state index is 13.5. The van der Waals surface area contributed by atoms with Crippen molar-refractivity contribution in [3.63, 3.8) is 0 Å². The molecule has 1 aliphatic heterocycles. The number of nitrogens with one attached hydrogen (secondary N) is 5. The first-order chi connectivity index (χ1) is 22.4. The van der Waals surface area contributed by atoms with Crippen molar-refractivity contribution in [2.24, 2.45) is 11.7 Å². The van der Waals surface area contributed by atoms with Gasteiger partial charge in [0, 0.05) is 6.54 Å². The summed E-state index contributed by atoms with van der Waals surface area (Å²) in [4.78, 5) is 78.2. The highest BCUT2D eigenvalue weighted by Gasteiger charge is 2.32. The Morgan fingerprint density at radius 2 is 1.74 bits per heavy atom. The van der Waals surface area contributed by atoms with Crippen molar-refractivity contribution in [3.05, 3.63) is 59.7 Å². The van der Waals surface area contributed by atoms with Crippen LogP contribution in [-0.4, -0.2) is 79.9 Å². The molecular formula is C33H44N6O8. The summed E-state index contributed by atoms with van der Waals surface area (Å²) in [5, 5.41) is 13.2. The molecule has 0 aliphatic carbocycles. The zero-order valence-electron chi connectivity index (χ0n) is 27.1. The lowest BCUT2D eigenvalue weighted by molar-refractivity contribution is -0.135. The predicted molar refractivity (Wildman–Crippen MR) is 172 cm³/mol. The third-order valence-electron chi connectivity index (χ3n) is 7.40. The van der Waals surface area contributed by atoms with Crippen LogP contribution in [0.4, 0.5) is 0 Å². The van der Waals surface area contributed by atoms with Crippen LogP contribution in [0, 0.1) is 5.92 Å².